The van der Waals surface area contributed by atoms with E-state index in [1.54, 1.807) is 6.08 Å². The fourth-order valence-electron chi connectivity index (χ4n) is 7.39. The van der Waals surface area contributed by atoms with E-state index in [4.69, 9.17) is 0 Å². The van der Waals surface area contributed by atoms with Gasteiger partial charge in [0.2, 0.25) is 5.91 Å². The summed E-state index contributed by atoms with van der Waals surface area (Å²) in [5.41, 5.74) is 0. The second-order valence-corrected chi connectivity index (χ2v) is 16.5. The van der Waals surface area contributed by atoms with Gasteiger partial charge in [0.1, 0.15) is 0 Å². The molecule has 4 heteroatoms. The molecule has 0 aliphatic rings. The second kappa shape index (κ2) is 46.0. The molecule has 2 unspecified atom stereocenters. The van der Waals surface area contributed by atoms with Crippen LogP contribution in [0.1, 0.15) is 258 Å². The molecule has 3 N–H and O–H groups in total. The fraction of sp³-hybridized carbons (Fsp3) is 0.860. The highest BCUT2D eigenvalue weighted by atomic mass is 16.3. The number of allylic oxidation sites excluding steroid dienone is 5. The van der Waals surface area contributed by atoms with E-state index in [2.05, 4.69) is 43.5 Å². The molecule has 0 heterocycles. The molecule has 0 fully saturated rings. The zero-order chi connectivity index (χ0) is 39.3. The lowest BCUT2D eigenvalue weighted by Gasteiger charge is -2.20. The standard InChI is InChI=1S/C50H95NO3/c1-3-5-7-9-11-13-15-17-19-20-21-22-23-24-25-26-27-28-29-30-32-34-36-38-40-42-44-46-50(54)51-48(47-52)49(53)45-43-41-39-37-35-33-31-18-16-14-12-10-8-6-4-2/h21-22,24-25,43,45,48-49,52-53H,3-20,23,26-42,44,46-47H2,1-2H3,(H,51,54)/b22-21-,25-24-,45-43+. The average Bonchev–Trinajstić information content (AvgIpc) is 3.18. The van der Waals surface area contributed by atoms with E-state index in [-0.39, 0.29) is 12.5 Å². The number of hydrogen-bond acceptors (Lipinski definition) is 3. The maximum atomic E-state index is 12.4. The molecule has 1 amide bonds. The maximum absolute atomic E-state index is 12.4. The van der Waals surface area contributed by atoms with Crippen molar-refractivity contribution in [2.75, 3.05) is 6.61 Å². The van der Waals surface area contributed by atoms with E-state index in [1.807, 2.05) is 6.08 Å². The second-order valence-electron chi connectivity index (χ2n) is 16.5. The molecule has 4 nitrogen and oxygen atoms in total. The first-order chi connectivity index (χ1) is 26.7. The Hall–Kier alpha value is -1.39. The van der Waals surface area contributed by atoms with Gasteiger partial charge in [0.25, 0.3) is 0 Å². The first-order valence-corrected chi connectivity index (χ1v) is 24.2. The Morgan fingerprint density at radius 2 is 0.759 bits per heavy atom. The molecule has 54 heavy (non-hydrogen) atoms. The fourth-order valence-corrected chi connectivity index (χ4v) is 7.39. The summed E-state index contributed by atoms with van der Waals surface area (Å²) in [4.78, 5) is 12.4. The van der Waals surface area contributed by atoms with Gasteiger partial charge in [0, 0.05) is 6.42 Å². The predicted octanol–water partition coefficient (Wildman–Crippen LogP) is 15.4. The van der Waals surface area contributed by atoms with E-state index in [9.17, 15) is 15.0 Å². The third-order valence-corrected chi connectivity index (χ3v) is 11.1. The van der Waals surface area contributed by atoms with Crippen LogP contribution in [-0.2, 0) is 4.79 Å². The van der Waals surface area contributed by atoms with Crippen molar-refractivity contribution in [2.24, 2.45) is 0 Å². The summed E-state index contributed by atoms with van der Waals surface area (Å²) in [6, 6.07) is -0.622. The average molecular weight is 758 g/mol. The molecular formula is C50H95NO3. The number of carbonyl (C=O) groups is 1. The molecule has 0 radical (unpaired) electrons. The van der Waals surface area contributed by atoms with Crippen molar-refractivity contribution in [1.29, 1.82) is 0 Å². The van der Waals surface area contributed by atoms with Gasteiger partial charge in [-0.15, -0.1) is 0 Å². The van der Waals surface area contributed by atoms with E-state index in [0.29, 0.717) is 6.42 Å². The maximum Gasteiger partial charge on any atom is 0.220 e. The molecule has 0 bridgehead atoms. The monoisotopic (exact) mass is 758 g/mol. The highest BCUT2D eigenvalue weighted by Gasteiger charge is 2.18. The van der Waals surface area contributed by atoms with Crippen LogP contribution in [-0.4, -0.2) is 34.9 Å². The summed E-state index contributed by atoms with van der Waals surface area (Å²) < 4.78 is 0. The molecule has 0 saturated carbocycles. The van der Waals surface area contributed by atoms with Gasteiger partial charge in [-0.1, -0.05) is 237 Å². The number of amides is 1. The van der Waals surface area contributed by atoms with Crippen LogP contribution >= 0.6 is 0 Å². The summed E-state index contributed by atoms with van der Waals surface area (Å²) in [5.74, 6) is -0.0649. The topological polar surface area (TPSA) is 69.6 Å². The van der Waals surface area contributed by atoms with Crippen molar-refractivity contribution in [3.05, 3.63) is 36.5 Å². The van der Waals surface area contributed by atoms with Crippen LogP contribution in [0.4, 0.5) is 0 Å². The van der Waals surface area contributed by atoms with Gasteiger partial charge in [-0.2, -0.15) is 0 Å². The Kier molecular flexibility index (Phi) is 44.8. The number of nitrogens with one attached hydrogen (secondary N) is 1. The minimum Gasteiger partial charge on any atom is -0.394 e. The van der Waals surface area contributed by atoms with E-state index < -0.39 is 12.1 Å². The Bertz CT molecular complexity index is 821. The van der Waals surface area contributed by atoms with Gasteiger partial charge in [-0.05, 0) is 51.4 Å². The number of aliphatic hydroxyl groups excluding tert-OH is 2. The third kappa shape index (κ3) is 41.8. The van der Waals surface area contributed by atoms with E-state index >= 15 is 0 Å². The summed E-state index contributed by atoms with van der Waals surface area (Å²) in [7, 11) is 0. The summed E-state index contributed by atoms with van der Waals surface area (Å²) in [6.07, 6.45) is 61.3. The van der Waals surface area contributed by atoms with Crippen molar-refractivity contribution >= 4 is 5.91 Å². The SMILES string of the molecule is CCCCCCCCCCC/C=C\C/C=C\CCCCCCCCCCCCCC(=O)NC(CO)C(O)/C=C/CCCCCCCCCCCCCCC. The van der Waals surface area contributed by atoms with Gasteiger partial charge in [-0.3, -0.25) is 4.79 Å². The summed E-state index contributed by atoms with van der Waals surface area (Å²) in [5, 5.41) is 23.0. The molecule has 0 spiro atoms. The van der Waals surface area contributed by atoms with Crippen LogP contribution in [0.25, 0.3) is 0 Å². The Balaban J connectivity index is 3.52. The number of unbranched alkanes of at least 4 members (excludes halogenated alkanes) is 33. The van der Waals surface area contributed by atoms with Gasteiger partial charge in [0.05, 0.1) is 18.8 Å². The van der Waals surface area contributed by atoms with Crippen molar-refractivity contribution in [3.63, 3.8) is 0 Å². The lowest BCUT2D eigenvalue weighted by molar-refractivity contribution is -0.123. The van der Waals surface area contributed by atoms with Gasteiger partial charge in [-0.25, -0.2) is 0 Å². The number of carbonyl (C=O) groups excluding carboxylic acids is 1. The number of aliphatic hydroxyl groups is 2. The van der Waals surface area contributed by atoms with Crippen molar-refractivity contribution < 1.29 is 15.0 Å². The number of hydrogen-bond donors (Lipinski definition) is 3. The predicted molar refractivity (Wildman–Crippen MR) is 239 cm³/mol. The van der Waals surface area contributed by atoms with Crippen LogP contribution in [0.5, 0.6) is 0 Å². The zero-order valence-electron chi connectivity index (χ0n) is 36.5. The largest absolute Gasteiger partial charge is 0.394 e. The molecule has 2 atom stereocenters. The van der Waals surface area contributed by atoms with Crippen molar-refractivity contribution in [2.45, 2.75) is 270 Å². The van der Waals surface area contributed by atoms with E-state index in [1.165, 1.54) is 205 Å². The van der Waals surface area contributed by atoms with Crippen LogP contribution < -0.4 is 5.32 Å². The third-order valence-electron chi connectivity index (χ3n) is 11.1. The first kappa shape index (κ1) is 52.6. The van der Waals surface area contributed by atoms with Crippen molar-refractivity contribution in [3.8, 4) is 0 Å². The highest BCUT2D eigenvalue weighted by molar-refractivity contribution is 5.76. The van der Waals surface area contributed by atoms with Crippen LogP contribution in [0.3, 0.4) is 0 Å². The quantitative estimate of drug-likeness (QED) is 0.0428. The minimum absolute atomic E-state index is 0.0649. The minimum atomic E-state index is -0.839. The van der Waals surface area contributed by atoms with Crippen LogP contribution in [0.2, 0.25) is 0 Å². The van der Waals surface area contributed by atoms with Crippen LogP contribution in [0, 0.1) is 0 Å². The smallest absolute Gasteiger partial charge is 0.220 e. The molecule has 318 valence electrons. The molecule has 0 aromatic heterocycles. The Labute approximate surface area is 338 Å². The lowest BCUT2D eigenvalue weighted by Crippen LogP contribution is -2.45. The van der Waals surface area contributed by atoms with Crippen LogP contribution in [0.15, 0.2) is 36.5 Å². The summed E-state index contributed by atoms with van der Waals surface area (Å²) >= 11 is 0. The molecule has 0 aromatic carbocycles. The highest BCUT2D eigenvalue weighted by Crippen LogP contribution is 2.15. The first-order valence-electron chi connectivity index (χ1n) is 24.2. The molecule has 0 aliphatic carbocycles. The molecular weight excluding hydrogens is 663 g/mol. The van der Waals surface area contributed by atoms with Gasteiger partial charge in [0.15, 0.2) is 0 Å². The molecule has 0 aliphatic heterocycles. The molecule has 0 saturated heterocycles. The molecule has 0 aromatic rings. The van der Waals surface area contributed by atoms with Gasteiger partial charge < -0.3 is 15.5 Å². The zero-order valence-corrected chi connectivity index (χ0v) is 36.5. The van der Waals surface area contributed by atoms with E-state index in [0.717, 1.165) is 32.1 Å². The number of rotatable bonds is 44. The Morgan fingerprint density at radius 3 is 1.11 bits per heavy atom. The Morgan fingerprint density at radius 1 is 0.444 bits per heavy atom. The summed E-state index contributed by atoms with van der Waals surface area (Å²) in [6.45, 7) is 4.32. The van der Waals surface area contributed by atoms with Crippen molar-refractivity contribution in [1.82, 2.24) is 5.32 Å². The lowest BCUT2D eigenvalue weighted by atomic mass is 10.0. The van der Waals surface area contributed by atoms with Gasteiger partial charge >= 0.3 is 0 Å². The normalized spacial score (nSPS) is 13.2. The molecule has 0 rings (SSSR count).